The van der Waals surface area contributed by atoms with Crippen molar-refractivity contribution >= 4 is 17.4 Å². The number of aliphatic hydroxyl groups is 1. The summed E-state index contributed by atoms with van der Waals surface area (Å²) in [7, 11) is 0. The number of rotatable bonds is 9. The van der Waals surface area contributed by atoms with Gasteiger partial charge in [0, 0.05) is 12.1 Å². The molecule has 6 heteroatoms. The highest BCUT2D eigenvalue weighted by atomic mass is 16.5. The Morgan fingerprint density at radius 3 is 2.31 bits per heavy atom. The number of likely N-dealkylation sites (tertiary alicyclic amines) is 1. The van der Waals surface area contributed by atoms with Gasteiger partial charge in [0.25, 0.3) is 11.7 Å². The largest absolute Gasteiger partial charge is 0.507 e. The van der Waals surface area contributed by atoms with Gasteiger partial charge in [-0.15, -0.1) is 0 Å². The van der Waals surface area contributed by atoms with E-state index >= 15 is 0 Å². The Hall–Kier alpha value is -4.06. The molecular formula is C30H31NO5. The van der Waals surface area contributed by atoms with Gasteiger partial charge in [0.2, 0.25) is 0 Å². The number of Topliss-reactive ketones (excluding diaryl/α,β-unsaturated/α-hetero) is 1. The lowest BCUT2D eigenvalue weighted by Gasteiger charge is -2.25. The van der Waals surface area contributed by atoms with Crippen LogP contribution in [0.2, 0.25) is 0 Å². The molecule has 0 bridgehead atoms. The fourth-order valence-corrected chi connectivity index (χ4v) is 4.41. The SMILES string of the molecule is CCCOc1ccc(/C(O)=C2/C(=O)C(=O)N(Cc3ccc(OCC)cc3)C2c2ccccc2)cc1C. The molecule has 1 amide bonds. The first kappa shape index (κ1) is 25.0. The molecule has 0 spiro atoms. The number of ketones is 1. The van der Waals surface area contributed by atoms with Gasteiger partial charge < -0.3 is 19.5 Å². The normalized spacial score (nSPS) is 16.9. The van der Waals surface area contributed by atoms with E-state index in [0.717, 1.165) is 34.6 Å². The van der Waals surface area contributed by atoms with Crippen LogP contribution in [0.4, 0.5) is 0 Å². The zero-order valence-corrected chi connectivity index (χ0v) is 20.9. The van der Waals surface area contributed by atoms with Crippen LogP contribution in [0, 0.1) is 6.92 Å². The number of nitrogens with zero attached hydrogens (tertiary/aromatic N) is 1. The maximum atomic E-state index is 13.3. The van der Waals surface area contributed by atoms with Gasteiger partial charge in [0.15, 0.2) is 0 Å². The molecule has 1 heterocycles. The zero-order valence-electron chi connectivity index (χ0n) is 20.9. The van der Waals surface area contributed by atoms with Gasteiger partial charge in [0.1, 0.15) is 17.3 Å². The summed E-state index contributed by atoms with van der Waals surface area (Å²) >= 11 is 0. The molecule has 0 radical (unpaired) electrons. The van der Waals surface area contributed by atoms with Gasteiger partial charge in [-0.1, -0.05) is 49.4 Å². The van der Waals surface area contributed by atoms with Crippen LogP contribution in [-0.2, 0) is 16.1 Å². The van der Waals surface area contributed by atoms with Crippen molar-refractivity contribution < 1.29 is 24.2 Å². The molecule has 3 aromatic carbocycles. The van der Waals surface area contributed by atoms with Gasteiger partial charge in [-0.2, -0.15) is 0 Å². The van der Waals surface area contributed by atoms with Crippen molar-refractivity contribution in [2.24, 2.45) is 0 Å². The van der Waals surface area contributed by atoms with Crippen molar-refractivity contribution in [3.8, 4) is 11.5 Å². The topological polar surface area (TPSA) is 76.1 Å². The van der Waals surface area contributed by atoms with Gasteiger partial charge in [-0.05, 0) is 67.3 Å². The van der Waals surface area contributed by atoms with E-state index in [2.05, 4.69) is 0 Å². The standard InChI is InChI=1S/C30H31NO5/c1-4-17-36-25-16-13-23(18-20(25)3)28(32)26-27(22-9-7-6-8-10-22)31(30(34)29(26)33)19-21-11-14-24(15-12-21)35-5-2/h6-16,18,27,32H,4-5,17,19H2,1-3H3/b28-26-. The van der Waals surface area contributed by atoms with Crippen LogP contribution in [0.5, 0.6) is 11.5 Å². The summed E-state index contributed by atoms with van der Waals surface area (Å²) in [5.41, 5.74) is 3.00. The summed E-state index contributed by atoms with van der Waals surface area (Å²) in [5, 5.41) is 11.3. The van der Waals surface area contributed by atoms with Crippen molar-refractivity contribution in [1.29, 1.82) is 0 Å². The molecule has 1 N–H and O–H groups in total. The summed E-state index contributed by atoms with van der Waals surface area (Å²) in [6.45, 7) is 7.22. The Morgan fingerprint density at radius 1 is 0.944 bits per heavy atom. The number of ether oxygens (including phenoxy) is 2. The first-order valence-electron chi connectivity index (χ1n) is 12.2. The lowest BCUT2D eigenvalue weighted by molar-refractivity contribution is -0.140. The number of hydrogen-bond donors (Lipinski definition) is 1. The number of amides is 1. The van der Waals surface area contributed by atoms with Crippen LogP contribution in [0.3, 0.4) is 0 Å². The van der Waals surface area contributed by atoms with Gasteiger partial charge >= 0.3 is 0 Å². The Labute approximate surface area is 211 Å². The Bertz CT molecular complexity index is 1260. The molecule has 0 aromatic heterocycles. The van der Waals surface area contributed by atoms with E-state index in [1.54, 1.807) is 18.2 Å². The molecule has 1 aliphatic heterocycles. The van der Waals surface area contributed by atoms with E-state index in [0.29, 0.717) is 18.8 Å². The number of aliphatic hydroxyl groups excluding tert-OH is 1. The zero-order chi connectivity index (χ0) is 25.7. The summed E-state index contributed by atoms with van der Waals surface area (Å²) in [4.78, 5) is 28.0. The van der Waals surface area contributed by atoms with Crippen LogP contribution in [0.25, 0.3) is 5.76 Å². The van der Waals surface area contributed by atoms with Crippen LogP contribution >= 0.6 is 0 Å². The highest BCUT2D eigenvalue weighted by molar-refractivity contribution is 6.46. The van der Waals surface area contributed by atoms with E-state index < -0.39 is 17.7 Å². The molecule has 3 aromatic rings. The van der Waals surface area contributed by atoms with Gasteiger partial charge in [-0.3, -0.25) is 9.59 Å². The highest BCUT2D eigenvalue weighted by Gasteiger charge is 2.46. The molecule has 4 rings (SSSR count). The summed E-state index contributed by atoms with van der Waals surface area (Å²) in [6.07, 6.45) is 0.885. The third-order valence-electron chi connectivity index (χ3n) is 6.15. The van der Waals surface area contributed by atoms with E-state index in [1.807, 2.05) is 75.4 Å². The predicted octanol–water partition coefficient (Wildman–Crippen LogP) is 5.80. The van der Waals surface area contributed by atoms with E-state index in [1.165, 1.54) is 4.90 Å². The minimum Gasteiger partial charge on any atom is -0.507 e. The van der Waals surface area contributed by atoms with Crippen LogP contribution in [0.1, 0.15) is 48.6 Å². The lowest BCUT2D eigenvalue weighted by Crippen LogP contribution is -2.29. The molecule has 0 saturated carbocycles. The Morgan fingerprint density at radius 2 is 1.67 bits per heavy atom. The summed E-state index contributed by atoms with van der Waals surface area (Å²) in [5.74, 6) is -0.0645. The Balaban J connectivity index is 1.75. The van der Waals surface area contributed by atoms with E-state index in [4.69, 9.17) is 9.47 Å². The number of carbonyl (C=O) groups excluding carboxylic acids is 2. The van der Waals surface area contributed by atoms with Crippen LogP contribution in [-0.4, -0.2) is 34.9 Å². The molecule has 186 valence electrons. The molecule has 6 nitrogen and oxygen atoms in total. The minimum atomic E-state index is -0.714. The van der Waals surface area contributed by atoms with Crippen molar-refractivity contribution in [2.45, 2.75) is 39.8 Å². The number of benzene rings is 3. The third kappa shape index (κ3) is 5.13. The van der Waals surface area contributed by atoms with E-state index in [9.17, 15) is 14.7 Å². The fraction of sp³-hybridized carbons (Fsp3) is 0.267. The number of hydrogen-bond acceptors (Lipinski definition) is 5. The van der Waals surface area contributed by atoms with Gasteiger partial charge in [-0.25, -0.2) is 0 Å². The smallest absolute Gasteiger partial charge is 0.295 e. The molecule has 1 atom stereocenters. The number of aryl methyl sites for hydroxylation is 1. The van der Waals surface area contributed by atoms with Crippen molar-refractivity contribution in [2.75, 3.05) is 13.2 Å². The van der Waals surface area contributed by atoms with Crippen LogP contribution < -0.4 is 9.47 Å². The maximum Gasteiger partial charge on any atom is 0.295 e. The quantitative estimate of drug-likeness (QED) is 0.235. The molecule has 1 unspecified atom stereocenters. The fourth-order valence-electron chi connectivity index (χ4n) is 4.41. The second-order valence-electron chi connectivity index (χ2n) is 8.74. The summed E-state index contributed by atoms with van der Waals surface area (Å²) < 4.78 is 11.3. The second-order valence-corrected chi connectivity index (χ2v) is 8.74. The predicted molar refractivity (Wildman–Crippen MR) is 139 cm³/mol. The maximum absolute atomic E-state index is 13.3. The molecule has 1 saturated heterocycles. The summed E-state index contributed by atoms with van der Waals surface area (Å²) in [6, 6.07) is 21.3. The lowest BCUT2D eigenvalue weighted by atomic mass is 9.94. The Kier molecular flexibility index (Phi) is 7.74. The first-order valence-corrected chi connectivity index (χ1v) is 12.2. The first-order chi connectivity index (χ1) is 17.4. The average molecular weight is 486 g/mol. The highest BCUT2D eigenvalue weighted by Crippen LogP contribution is 2.40. The average Bonchev–Trinajstić information content (AvgIpc) is 3.14. The second kappa shape index (κ2) is 11.1. The number of carbonyl (C=O) groups is 2. The molecular weight excluding hydrogens is 454 g/mol. The van der Waals surface area contributed by atoms with Crippen molar-refractivity contribution in [3.63, 3.8) is 0 Å². The van der Waals surface area contributed by atoms with Crippen LogP contribution in [0.15, 0.2) is 78.4 Å². The monoisotopic (exact) mass is 485 g/mol. The third-order valence-corrected chi connectivity index (χ3v) is 6.15. The molecule has 0 aliphatic carbocycles. The van der Waals surface area contributed by atoms with Crippen molar-refractivity contribution in [3.05, 3.63) is 101 Å². The minimum absolute atomic E-state index is 0.0822. The van der Waals surface area contributed by atoms with E-state index in [-0.39, 0.29) is 17.9 Å². The van der Waals surface area contributed by atoms with Gasteiger partial charge in [0.05, 0.1) is 24.8 Å². The molecule has 1 fully saturated rings. The molecule has 36 heavy (non-hydrogen) atoms. The van der Waals surface area contributed by atoms with Crippen molar-refractivity contribution in [1.82, 2.24) is 4.90 Å². The molecule has 1 aliphatic rings.